The van der Waals surface area contributed by atoms with Crippen molar-refractivity contribution in [1.82, 2.24) is 0 Å². The van der Waals surface area contributed by atoms with Crippen LogP contribution in [-0.2, 0) is 4.74 Å². The Morgan fingerprint density at radius 2 is 2.44 bits per heavy atom. The van der Waals surface area contributed by atoms with E-state index in [4.69, 9.17) is 22.6 Å². The van der Waals surface area contributed by atoms with Crippen LogP contribution in [0.15, 0.2) is 35.4 Å². The quantitative estimate of drug-likeness (QED) is 0.392. The van der Waals surface area contributed by atoms with Gasteiger partial charge in [0.2, 0.25) is 0 Å². The van der Waals surface area contributed by atoms with Gasteiger partial charge in [0.05, 0.1) is 11.0 Å². The number of hydrogen-bond acceptors (Lipinski definition) is 5. The van der Waals surface area contributed by atoms with Crippen LogP contribution in [0.25, 0.3) is 0 Å². The van der Waals surface area contributed by atoms with Crippen molar-refractivity contribution in [3.63, 3.8) is 0 Å². The number of ether oxygens (including phenoxy) is 1. The molecule has 1 unspecified atom stereocenters. The molecule has 0 saturated heterocycles. The summed E-state index contributed by atoms with van der Waals surface area (Å²) in [4.78, 5) is 10.2. The molecule has 0 heterocycles. The first-order valence-electron chi connectivity index (χ1n) is 4.42. The Balaban J connectivity index is 3.03. The summed E-state index contributed by atoms with van der Waals surface area (Å²) in [5.41, 5.74) is 11.2. The lowest BCUT2D eigenvalue weighted by Crippen LogP contribution is -2.26. The minimum Gasteiger partial charge on any atom is -0.474 e. The van der Waals surface area contributed by atoms with Gasteiger partial charge in [0.1, 0.15) is 6.61 Å². The maximum Gasteiger partial charge on any atom is 0.311 e. The number of nitrogens with two attached hydrogens (primary N) is 2. The Bertz CT molecular complexity index is 429. The van der Waals surface area contributed by atoms with Crippen LogP contribution in [-0.4, -0.2) is 17.6 Å². The van der Waals surface area contributed by atoms with E-state index >= 15 is 0 Å². The fourth-order valence-electron chi connectivity index (χ4n) is 1.21. The van der Waals surface area contributed by atoms with E-state index in [2.05, 4.69) is 5.92 Å². The second kappa shape index (κ2) is 5.00. The molecular weight excluding hydrogens is 210 g/mol. The van der Waals surface area contributed by atoms with Crippen molar-refractivity contribution >= 4 is 0 Å². The molecule has 0 aliphatic heterocycles. The molecule has 6 heteroatoms. The summed E-state index contributed by atoms with van der Waals surface area (Å²) in [5.74, 6) is 2.29. The van der Waals surface area contributed by atoms with Gasteiger partial charge in [0.15, 0.2) is 5.76 Å². The van der Waals surface area contributed by atoms with Crippen LogP contribution in [0.4, 0.5) is 0 Å². The van der Waals surface area contributed by atoms with Crippen molar-refractivity contribution in [1.29, 1.82) is 0 Å². The molecule has 0 aromatic carbocycles. The SMILES string of the molecule is C#CCOC1=CC(N)/C(=C\N)C=C1[N+](=O)[O-]. The van der Waals surface area contributed by atoms with Crippen molar-refractivity contribution in [2.45, 2.75) is 6.04 Å². The fourth-order valence-corrected chi connectivity index (χ4v) is 1.21. The minimum absolute atomic E-state index is 0.0502. The summed E-state index contributed by atoms with van der Waals surface area (Å²) in [6.45, 7) is -0.0502. The topological polar surface area (TPSA) is 104 Å². The molecule has 1 atom stereocenters. The van der Waals surface area contributed by atoms with Crippen molar-refractivity contribution in [3.8, 4) is 12.3 Å². The van der Waals surface area contributed by atoms with Crippen LogP contribution in [0.5, 0.6) is 0 Å². The van der Waals surface area contributed by atoms with Gasteiger partial charge in [-0.05, 0) is 17.8 Å². The summed E-state index contributed by atoms with van der Waals surface area (Å²) in [6.07, 6.45) is 8.91. The fraction of sp³-hybridized carbons (Fsp3) is 0.200. The first-order chi connectivity index (χ1) is 7.60. The molecule has 0 aromatic rings. The Hall–Kier alpha value is -2.26. The lowest BCUT2D eigenvalue weighted by atomic mass is 10.0. The first-order valence-corrected chi connectivity index (χ1v) is 4.42. The summed E-state index contributed by atoms with van der Waals surface area (Å²) in [7, 11) is 0. The van der Waals surface area contributed by atoms with Gasteiger partial charge in [-0.1, -0.05) is 5.92 Å². The molecule has 1 rings (SSSR count). The Morgan fingerprint density at radius 3 is 2.94 bits per heavy atom. The summed E-state index contributed by atoms with van der Waals surface area (Å²) < 4.78 is 5.04. The van der Waals surface area contributed by atoms with Gasteiger partial charge in [0, 0.05) is 6.08 Å². The zero-order chi connectivity index (χ0) is 12.1. The highest BCUT2D eigenvalue weighted by atomic mass is 16.6. The number of rotatable bonds is 3. The van der Waals surface area contributed by atoms with E-state index in [1.807, 2.05) is 0 Å². The van der Waals surface area contributed by atoms with Crippen LogP contribution >= 0.6 is 0 Å². The predicted molar refractivity (Wildman–Crippen MR) is 58.2 cm³/mol. The number of hydrogen-bond donors (Lipinski definition) is 2. The van der Waals surface area contributed by atoms with Gasteiger partial charge < -0.3 is 16.2 Å². The number of nitro groups is 1. The molecule has 0 aromatic heterocycles. The van der Waals surface area contributed by atoms with Crippen LogP contribution in [0.3, 0.4) is 0 Å². The molecule has 0 spiro atoms. The van der Waals surface area contributed by atoms with E-state index < -0.39 is 11.0 Å². The molecule has 16 heavy (non-hydrogen) atoms. The first kappa shape index (κ1) is 11.8. The Kier molecular flexibility index (Phi) is 3.69. The third-order valence-electron chi connectivity index (χ3n) is 1.97. The van der Waals surface area contributed by atoms with E-state index in [1.54, 1.807) is 0 Å². The zero-order valence-electron chi connectivity index (χ0n) is 8.42. The molecule has 0 saturated carbocycles. The number of nitrogens with zero attached hydrogens (tertiary/aromatic N) is 1. The summed E-state index contributed by atoms with van der Waals surface area (Å²) in [5, 5.41) is 10.8. The largest absolute Gasteiger partial charge is 0.474 e. The highest BCUT2D eigenvalue weighted by Crippen LogP contribution is 2.22. The smallest absolute Gasteiger partial charge is 0.311 e. The second-order valence-corrected chi connectivity index (χ2v) is 3.00. The molecule has 6 nitrogen and oxygen atoms in total. The van der Waals surface area contributed by atoms with Gasteiger partial charge in [-0.15, -0.1) is 6.42 Å². The standard InChI is InChI=1S/C10H11N3O3/c1-2-3-16-10-5-8(12)7(6-11)4-9(10)13(14)15/h1,4-6,8H,3,11-12H2/b7-6-. The lowest BCUT2D eigenvalue weighted by Gasteiger charge is -2.16. The van der Waals surface area contributed by atoms with Gasteiger partial charge in [-0.3, -0.25) is 10.1 Å². The number of terminal acetylenes is 1. The maximum atomic E-state index is 10.8. The van der Waals surface area contributed by atoms with Crippen molar-refractivity contribution in [2.75, 3.05) is 6.61 Å². The molecule has 0 radical (unpaired) electrons. The molecule has 4 N–H and O–H groups in total. The highest BCUT2D eigenvalue weighted by molar-refractivity contribution is 5.41. The monoisotopic (exact) mass is 221 g/mol. The second-order valence-electron chi connectivity index (χ2n) is 3.00. The van der Waals surface area contributed by atoms with E-state index in [0.29, 0.717) is 5.57 Å². The van der Waals surface area contributed by atoms with Crippen molar-refractivity contribution in [2.24, 2.45) is 11.5 Å². The van der Waals surface area contributed by atoms with Gasteiger partial charge in [-0.2, -0.15) is 0 Å². The third kappa shape index (κ3) is 2.40. The van der Waals surface area contributed by atoms with Gasteiger partial charge in [0.25, 0.3) is 0 Å². The molecule has 84 valence electrons. The van der Waals surface area contributed by atoms with Gasteiger partial charge >= 0.3 is 5.70 Å². The lowest BCUT2D eigenvalue weighted by molar-refractivity contribution is -0.424. The van der Waals surface area contributed by atoms with Crippen molar-refractivity contribution < 1.29 is 9.66 Å². The van der Waals surface area contributed by atoms with E-state index in [1.165, 1.54) is 18.4 Å². The normalized spacial score (nSPS) is 22.0. The molecule has 1 aliphatic rings. The van der Waals surface area contributed by atoms with Gasteiger partial charge in [-0.25, -0.2) is 0 Å². The summed E-state index contributed by atoms with van der Waals surface area (Å²) in [6, 6.07) is -0.526. The molecule has 0 amide bonds. The Morgan fingerprint density at radius 1 is 1.75 bits per heavy atom. The maximum absolute atomic E-state index is 10.8. The van der Waals surface area contributed by atoms with Crippen LogP contribution in [0, 0.1) is 22.5 Å². The van der Waals surface area contributed by atoms with Crippen LogP contribution in [0.1, 0.15) is 0 Å². The zero-order valence-corrected chi connectivity index (χ0v) is 8.42. The molecule has 0 fully saturated rings. The van der Waals surface area contributed by atoms with E-state index in [9.17, 15) is 10.1 Å². The minimum atomic E-state index is -0.572. The van der Waals surface area contributed by atoms with Crippen molar-refractivity contribution in [3.05, 3.63) is 45.5 Å². The predicted octanol–water partition coefficient (Wildman–Crippen LogP) is -0.136. The van der Waals surface area contributed by atoms with E-state index in [-0.39, 0.29) is 18.1 Å². The molecule has 1 aliphatic carbocycles. The van der Waals surface area contributed by atoms with E-state index in [0.717, 1.165) is 0 Å². The van der Waals surface area contributed by atoms with Crippen LogP contribution in [0.2, 0.25) is 0 Å². The Labute approximate surface area is 92.4 Å². The molecule has 0 bridgehead atoms. The average Bonchev–Trinajstić information content (AvgIpc) is 2.25. The average molecular weight is 221 g/mol. The molecular formula is C10H11N3O3. The third-order valence-corrected chi connectivity index (χ3v) is 1.97. The summed E-state index contributed by atoms with van der Waals surface area (Å²) >= 11 is 0. The van der Waals surface area contributed by atoms with Crippen LogP contribution < -0.4 is 11.5 Å². The highest BCUT2D eigenvalue weighted by Gasteiger charge is 2.26.